The van der Waals surface area contributed by atoms with E-state index in [-0.39, 0.29) is 11.9 Å². The number of nitrogens with one attached hydrogen (secondary N) is 1. The fourth-order valence-corrected chi connectivity index (χ4v) is 4.76. The van der Waals surface area contributed by atoms with E-state index in [4.69, 9.17) is 9.47 Å². The van der Waals surface area contributed by atoms with Crippen LogP contribution in [-0.4, -0.2) is 25.1 Å². The minimum absolute atomic E-state index is 0.237. The number of anilines is 1. The molecule has 2 aromatic rings. The maximum Gasteiger partial charge on any atom is 0.341 e. The molecule has 1 N–H and O–H groups in total. The van der Waals surface area contributed by atoms with Crippen LogP contribution in [0.15, 0.2) is 24.3 Å². The molecule has 0 unspecified atom stereocenters. The molecule has 0 saturated carbocycles. The van der Waals surface area contributed by atoms with Gasteiger partial charge in [-0.25, -0.2) is 4.79 Å². The van der Waals surface area contributed by atoms with Gasteiger partial charge in [-0.1, -0.05) is 13.8 Å². The zero-order valence-electron chi connectivity index (χ0n) is 16.7. The lowest BCUT2D eigenvalue weighted by Gasteiger charge is -2.18. The predicted molar refractivity (Wildman–Crippen MR) is 112 cm³/mol. The second-order valence-electron chi connectivity index (χ2n) is 7.10. The van der Waals surface area contributed by atoms with E-state index in [9.17, 15) is 9.59 Å². The second-order valence-corrected chi connectivity index (χ2v) is 8.21. The van der Waals surface area contributed by atoms with E-state index in [2.05, 4.69) is 12.2 Å². The number of esters is 1. The summed E-state index contributed by atoms with van der Waals surface area (Å²) in [5, 5.41) is 3.54. The van der Waals surface area contributed by atoms with Gasteiger partial charge in [0.2, 0.25) is 0 Å². The van der Waals surface area contributed by atoms with Crippen LogP contribution in [0.1, 0.15) is 64.8 Å². The highest BCUT2D eigenvalue weighted by Crippen LogP contribution is 2.40. The maximum atomic E-state index is 12.8. The summed E-state index contributed by atoms with van der Waals surface area (Å²) in [6, 6.07) is 7.00. The molecule has 6 heteroatoms. The number of rotatable bonds is 7. The Balaban J connectivity index is 1.85. The third-order valence-electron chi connectivity index (χ3n) is 4.81. The minimum Gasteiger partial charge on any atom is -0.494 e. The van der Waals surface area contributed by atoms with Crippen LogP contribution in [0.5, 0.6) is 5.75 Å². The minimum atomic E-state index is -0.337. The zero-order valence-corrected chi connectivity index (χ0v) is 17.5. The number of benzene rings is 1. The van der Waals surface area contributed by atoms with Crippen molar-refractivity contribution in [1.29, 1.82) is 0 Å². The van der Waals surface area contributed by atoms with Gasteiger partial charge >= 0.3 is 5.97 Å². The molecule has 0 spiro atoms. The van der Waals surface area contributed by atoms with Gasteiger partial charge in [-0.3, -0.25) is 4.79 Å². The topological polar surface area (TPSA) is 64.6 Å². The molecule has 5 nitrogen and oxygen atoms in total. The molecule has 150 valence electrons. The number of carbonyl (C=O) groups excluding carboxylic acids is 2. The Morgan fingerprint density at radius 3 is 2.64 bits per heavy atom. The fourth-order valence-electron chi connectivity index (χ4n) is 3.37. The van der Waals surface area contributed by atoms with Gasteiger partial charge < -0.3 is 14.8 Å². The van der Waals surface area contributed by atoms with Crippen molar-refractivity contribution in [3.05, 3.63) is 45.8 Å². The highest BCUT2D eigenvalue weighted by Gasteiger charge is 2.29. The van der Waals surface area contributed by atoms with Crippen molar-refractivity contribution in [1.82, 2.24) is 0 Å². The first kappa shape index (κ1) is 20.4. The summed E-state index contributed by atoms with van der Waals surface area (Å²) in [6.45, 7) is 7.06. The molecule has 0 saturated heterocycles. The molecule has 0 radical (unpaired) electrons. The van der Waals surface area contributed by atoms with Crippen molar-refractivity contribution in [3.8, 4) is 5.75 Å². The molecule has 1 aromatic carbocycles. The molecular weight excluding hydrogens is 374 g/mol. The van der Waals surface area contributed by atoms with Crippen LogP contribution in [0.4, 0.5) is 5.00 Å². The third kappa shape index (κ3) is 4.55. The largest absolute Gasteiger partial charge is 0.494 e. The van der Waals surface area contributed by atoms with Crippen molar-refractivity contribution < 1.29 is 19.1 Å². The zero-order chi connectivity index (χ0) is 20.1. The molecule has 1 aromatic heterocycles. The van der Waals surface area contributed by atoms with Crippen LogP contribution in [0, 0.1) is 5.92 Å². The third-order valence-corrected chi connectivity index (χ3v) is 5.98. The van der Waals surface area contributed by atoms with E-state index in [0.717, 1.165) is 37.0 Å². The van der Waals surface area contributed by atoms with E-state index in [0.29, 0.717) is 35.3 Å². The van der Waals surface area contributed by atoms with Gasteiger partial charge in [-0.15, -0.1) is 11.3 Å². The van der Waals surface area contributed by atoms with Crippen molar-refractivity contribution in [3.63, 3.8) is 0 Å². The molecule has 1 amide bonds. The Kier molecular flexibility index (Phi) is 6.73. The molecule has 1 aliphatic rings. The van der Waals surface area contributed by atoms with E-state index in [1.807, 2.05) is 13.8 Å². The summed E-state index contributed by atoms with van der Waals surface area (Å²) in [5.74, 6) is 0.735. The average molecular weight is 402 g/mol. The summed E-state index contributed by atoms with van der Waals surface area (Å²) < 4.78 is 10.8. The van der Waals surface area contributed by atoms with Gasteiger partial charge in [0.05, 0.1) is 18.8 Å². The number of amides is 1. The summed E-state index contributed by atoms with van der Waals surface area (Å²) in [7, 11) is 0. The molecule has 0 aliphatic heterocycles. The summed E-state index contributed by atoms with van der Waals surface area (Å²) in [6.07, 6.45) is 3.60. The Hall–Kier alpha value is -2.34. The lowest BCUT2D eigenvalue weighted by atomic mass is 9.88. The Labute approximate surface area is 170 Å². The first-order valence-electron chi connectivity index (χ1n) is 9.89. The molecule has 28 heavy (non-hydrogen) atoms. The van der Waals surface area contributed by atoms with Gasteiger partial charge in [0, 0.05) is 10.4 Å². The van der Waals surface area contributed by atoms with Crippen molar-refractivity contribution >= 4 is 28.2 Å². The average Bonchev–Trinajstić information content (AvgIpc) is 3.03. The van der Waals surface area contributed by atoms with Gasteiger partial charge in [0.1, 0.15) is 10.8 Å². The Morgan fingerprint density at radius 1 is 1.21 bits per heavy atom. The van der Waals surface area contributed by atoms with Gasteiger partial charge in [-0.05, 0) is 68.4 Å². The number of hydrogen-bond donors (Lipinski definition) is 1. The highest BCUT2D eigenvalue weighted by molar-refractivity contribution is 7.17. The van der Waals surface area contributed by atoms with E-state index >= 15 is 0 Å². The maximum absolute atomic E-state index is 12.8. The molecule has 3 rings (SSSR count). The van der Waals surface area contributed by atoms with Crippen LogP contribution in [-0.2, 0) is 17.6 Å². The number of thiophene rings is 1. The van der Waals surface area contributed by atoms with E-state index in [1.165, 1.54) is 16.2 Å². The first-order valence-corrected chi connectivity index (χ1v) is 10.7. The Bertz CT molecular complexity index is 841. The molecule has 0 fully saturated rings. The molecule has 1 atom stereocenters. The van der Waals surface area contributed by atoms with E-state index in [1.54, 1.807) is 24.3 Å². The summed E-state index contributed by atoms with van der Waals surface area (Å²) >= 11 is 1.50. The van der Waals surface area contributed by atoms with Crippen LogP contribution in [0.3, 0.4) is 0 Å². The number of carbonyl (C=O) groups is 2. The SMILES string of the molecule is CCCOC(=O)c1c(NC(=O)c2ccc(OCC)cc2)sc2c1CC[C@@H](C)C2. The van der Waals surface area contributed by atoms with Gasteiger partial charge in [0.15, 0.2) is 0 Å². The van der Waals surface area contributed by atoms with Crippen LogP contribution < -0.4 is 10.1 Å². The standard InChI is InChI=1S/C22H27NO4S/c1-4-12-27-22(25)19-17-11-6-14(3)13-18(17)28-21(19)23-20(24)15-7-9-16(10-8-15)26-5-2/h7-10,14H,4-6,11-13H2,1-3H3,(H,23,24)/t14-/m1/s1. The quantitative estimate of drug-likeness (QED) is 0.656. The van der Waals surface area contributed by atoms with Crippen LogP contribution in [0.25, 0.3) is 0 Å². The van der Waals surface area contributed by atoms with Crippen molar-refractivity contribution in [2.75, 3.05) is 18.5 Å². The lowest BCUT2D eigenvalue weighted by Crippen LogP contribution is -2.17. The smallest absolute Gasteiger partial charge is 0.341 e. The Morgan fingerprint density at radius 2 is 1.96 bits per heavy atom. The lowest BCUT2D eigenvalue weighted by molar-refractivity contribution is 0.0505. The molecule has 1 heterocycles. The van der Waals surface area contributed by atoms with Gasteiger partial charge in [-0.2, -0.15) is 0 Å². The number of ether oxygens (including phenoxy) is 2. The normalized spacial score (nSPS) is 15.6. The predicted octanol–water partition coefficient (Wildman–Crippen LogP) is 5.09. The second kappa shape index (κ2) is 9.24. The van der Waals surface area contributed by atoms with Crippen LogP contribution in [0.2, 0.25) is 0 Å². The number of hydrogen-bond acceptors (Lipinski definition) is 5. The molecular formula is C22H27NO4S. The van der Waals surface area contributed by atoms with Crippen LogP contribution >= 0.6 is 11.3 Å². The van der Waals surface area contributed by atoms with Crippen molar-refractivity contribution in [2.45, 2.75) is 46.5 Å². The van der Waals surface area contributed by atoms with Crippen molar-refractivity contribution in [2.24, 2.45) is 5.92 Å². The highest BCUT2D eigenvalue weighted by atomic mass is 32.1. The fraction of sp³-hybridized carbons (Fsp3) is 0.455. The monoisotopic (exact) mass is 401 g/mol. The van der Waals surface area contributed by atoms with Gasteiger partial charge in [0.25, 0.3) is 5.91 Å². The summed E-state index contributed by atoms with van der Waals surface area (Å²) in [5.41, 5.74) is 2.11. The molecule has 0 bridgehead atoms. The summed E-state index contributed by atoms with van der Waals surface area (Å²) in [4.78, 5) is 26.6. The number of fused-ring (bicyclic) bond motifs is 1. The first-order chi connectivity index (χ1) is 13.5. The molecule has 1 aliphatic carbocycles. The van der Waals surface area contributed by atoms with E-state index < -0.39 is 0 Å².